The maximum Gasteiger partial charge on any atom is 0.226 e. The molecule has 1 spiro atoms. The number of hydrogen-bond acceptors (Lipinski definition) is 3. The molecule has 2 aliphatic rings. The van der Waals surface area contributed by atoms with Gasteiger partial charge in [0.2, 0.25) is 5.91 Å². The van der Waals surface area contributed by atoms with E-state index in [1.54, 1.807) is 30.3 Å². The number of nitrogens with zero attached hydrogens (tertiary/aromatic N) is 2. The number of likely N-dealkylation sites (tertiary alicyclic amines) is 2. The van der Waals surface area contributed by atoms with Crippen molar-refractivity contribution in [2.45, 2.75) is 50.6 Å². The van der Waals surface area contributed by atoms with E-state index in [4.69, 9.17) is 0 Å². The standard InChI is InChI=1S/C24H29FN2O2/c25-21-7-1-6-20(15-21)18-27-13-4-10-24(27)9-3-12-26(14-11-24)23(29)17-19-5-2-8-22(28)16-19/h1-2,5-8,15-16,28H,3-4,9-14,17-18H2/t24-/m1/s1. The maximum absolute atomic E-state index is 13.6. The van der Waals surface area contributed by atoms with E-state index < -0.39 is 0 Å². The van der Waals surface area contributed by atoms with Crippen LogP contribution in [0.5, 0.6) is 5.75 Å². The Morgan fingerprint density at radius 2 is 1.72 bits per heavy atom. The minimum atomic E-state index is -0.180. The van der Waals surface area contributed by atoms with E-state index in [1.807, 2.05) is 17.0 Å². The van der Waals surface area contributed by atoms with Gasteiger partial charge in [0.15, 0.2) is 0 Å². The van der Waals surface area contributed by atoms with Crippen molar-refractivity contribution in [3.8, 4) is 5.75 Å². The molecule has 29 heavy (non-hydrogen) atoms. The highest BCUT2D eigenvalue weighted by Gasteiger charge is 2.41. The smallest absolute Gasteiger partial charge is 0.226 e. The molecule has 0 radical (unpaired) electrons. The number of aromatic hydroxyl groups is 1. The highest BCUT2D eigenvalue weighted by molar-refractivity contribution is 5.79. The van der Waals surface area contributed by atoms with Crippen LogP contribution in [-0.2, 0) is 17.8 Å². The fourth-order valence-corrected chi connectivity index (χ4v) is 5.04. The number of phenolic OH excluding ortho intramolecular Hbond substituents is 1. The first-order valence-corrected chi connectivity index (χ1v) is 10.6. The Morgan fingerprint density at radius 3 is 2.52 bits per heavy atom. The summed E-state index contributed by atoms with van der Waals surface area (Å²) in [5, 5.41) is 9.63. The lowest BCUT2D eigenvalue weighted by Gasteiger charge is -2.38. The summed E-state index contributed by atoms with van der Waals surface area (Å²) in [6, 6.07) is 13.8. The minimum Gasteiger partial charge on any atom is -0.508 e. The van der Waals surface area contributed by atoms with E-state index in [9.17, 15) is 14.3 Å². The summed E-state index contributed by atoms with van der Waals surface area (Å²) in [6.45, 7) is 3.35. The predicted octanol–water partition coefficient (Wildman–Crippen LogP) is 4.12. The average Bonchev–Trinajstić information content (AvgIpc) is 2.93. The van der Waals surface area contributed by atoms with Crippen LogP contribution >= 0.6 is 0 Å². The third-order valence-corrected chi connectivity index (χ3v) is 6.54. The van der Waals surface area contributed by atoms with Gasteiger partial charge in [0.25, 0.3) is 0 Å². The van der Waals surface area contributed by atoms with E-state index in [0.29, 0.717) is 6.42 Å². The summed E-state index contributed by atoms with van der Waals surface area (Å²) in [5.74, 6) is 0.145. The molecule has 2 saturated heterocycles. The van der Waals surface area contributed by atoms with Gasteiger partial charge in [0.1, 0.15) is 11.6 Å². The van der Waals surface area contributed by atoms with Crippen LogP contribution in [0, 0.1) is 5.82 Å². The van der Waals surface area contributed by atoms with Gasteiger partial charge >= 0.3 is 0 Å². The molecule has 2 aromatic carbocycles. The topological polar surface area (TPSA) is 43.8 Å². The number of phenols is 1. The van der Waals surface area contributed by atoms with Crippen molar-refractivity contribution in [2.75, 3.05) is 19.6 Å². The van der Waals surface area contributed by atoms with Crippen LogP contribution in [0.15, 0.2) is 48.5 Å². The highest BCUT2D eigenvalue weighted by Crippen LogP contribution is 2.39. The van der Waals surface area contributed by atoms with E-state index in [1.165, 1.54) is 6.07 Å². The van der Waals surface area contributed by atoms with Crippen molar-refractivity contribution < 1.29 is 14.3 Å². The molecule has 0 aliphatic carbocycles. The van der Waals surface area contributed by atoms with Crippen LogP contribution in [0.3, 0.4) is 0 Å². The zero-order valence-electron chi connectivity index (χ0n) is 16.8. The van der Waals surface area contributed by atoms with Crippen LogP contribution in [0.4, 0.5) is 4.39 Å². The Labute approximate surface area is 171 Å². The molecule has 2 aliphatic heterocycles. The zero-order chi connectivity index (χ0) is 20.3. The van der Waals surface area contributed by atoms with Gasteiger partial charge in [0, 0.05) is 25.2 Å². The summed E-state index contributed by atoms with van der Waals surface area (Å²) >= 11 is 0. The number of carbonyl (C=O) groups is 1. The summed E-state index contributed by atoms with van der Waals surface area (Å²) in [5.41, 5.74) is 1.99. The first kappa shape index (κ1) is 19.9. The Kier molecular flexibility index (Phi) is 5.86. The predicted molar refractivity (Wildman–Crippen MR) is 111 cm³/mol. The lowest BCUT2D eigenvalue weighted by Crippen LogP contribution is -2.44. The quantitative estimate of drug-likeness (QED) is 0.845. The third-order valence-electron chi connectivity index (χ3n) is 6.54. The highest BCUT2D eigenvalue weighted by atomic mass is 19.1. The van der Waals surface area contributed by atoms with Crippen molar-refractivity contribution in [3.63, 3.8) is 0 Å². The lowest BCUT2D eigenvalue weighted by molar-refractivity contribution is -0.130. The molecular formula is C24H29FN2O2. The summed E-state index contributed by atoms with van der Waals surface area (Å²) < 4.78 is 13.6. The second kappa shape index (κ2) is 8.54. The van der Waals surface area contributed by atoms with Gasteiger partial charge in [-0.3, -0.25) is 9.69 Å². The molecule has 4 nitrogen and oxygen atoms in total. The van der Waals surface area contributed by atoms with Crippen LogP contribution < -0.4 is 0 Å². The molecule has 0 saturated carbocycles. The Balaban J connectivity index is 1.41. The van der Waals surface area contributed by atoms with Crippen LogP contribution in [-0.4, -0.2) is 46.0 Å². The molecule has 1 atom stereocenters. The van der Waals surface area contributed by atoms with E-state index in [-0.39, 0.29) is 23.0 Å². The monoisotopic (exact) mass is 396 g/mol. The number of rotatable bonds is 4. The summed E-state index contributed by atoms with van der Waals surface area (Å²) in [4.78, 5) is 17.3. The second-order valence-corrected chi connectivity index (χ2v) is 8.46. The molecule has 0 aromatic heterocycles. The van der Waals surface area contributed by atoms with Crippen LogP contribution in [0.25, 0.3) is 0 Å². The summed E-state index contributed by atoms with van der Waals surface area (Å²) in [6.07, 6.45) is 5.68. The molecule has 154 valence electrons. The van der Waals surface area contributed by atoms with Gasteiger partial charge < -0.3 is 10.0 Å². The van der Waals surface area contributed by atoms with Crippen molar-refractivity contribution in [3.05, 3.63) is 65.5 Å². The van der Waals surface area contributed by atoms with Gasteiger partial charge in [-0.05, 0) is 74.0 Å². The molecule has 5 heteroatoms. The molecule has 1 N–H and O–H groups in total. The van der Waals surface area contributed by atoms with E-state index in [2.05, 4.69) is 4.90 Å². The van der Waals surface area contributed by atoms with Gasteiger partial charge in [-0.25, -0.2) is 4.39 Å². The first-order valence-electron chi connectivity index (χ1n) is 10.6. The second-order valence-electron chi connectivity index (χ2n) is 8.46. The average molecular weight is 397 g/mol. The van der Waals surface area contributed by atoms with Crippen molar-refractivity contribution in [2.24, 2.45) is 0 Å². The number of benzene rings is 2. The summed E-state index contributed by atoms with van der Waals surface area (Å²) in [7, 11) is 0. The fourth-order valence-electron chi connectivity index (χ4n) is 5.04. The molecule has 0 unspecified atom stereocenters. The number of amides is 1. The Morgan fingerprint density at radius 1 is 0.966 bits per heavy atom. The maximum atomic E-state index is 13.6. The molecule has 2 heterocycles. The van der Waals surface area contributed by atoms with E-state index >= 15 is 0 Å². The Bertz CT molecular complexity index is 871. The van der Waals surface area contributed by atoms with Crippen LogP contribution in [0.2, 0.25) is 0 Å². The number of carbonyl (C=O) groups excluding carboxylic acids is 1. The molecule has 2 aromatic rings. The Hall–Kier alpha value is -2.40. The number of halogens is 1. The van der Waals surface area contributed by atoms with Crippen molar-refractivity contribution >= 4 is 5.91 Å². The van der Waals surface area contributed by atoms with Crippen molar-refractivity contribution in [1.82, 2.24) is 9.80 Å². The zero-order valence-corrected chi connectivity index (χ0v) is 16.8. The molecular weight excluding hydrogens is 367 g/mol. The SMILES string of the molecule is O=C(Cc1cccc(O)c1)N1CCC[C@@]2(CCCN2Cc2cccc(F)c2)CC1. The van der Waals surface area contributed by atoms with E-state index in [0.717, 1.165) is 69.4 Å². The van der Waals surface area contributed by atoms with Gasteiger partial charge in [-0.15, -0.1) is 0 Å². The third kappa shape index (κ3) is 4.61. The normalized spacial score (nSPS) is 22.7. The lowest BCUT2D eigenvalue weighted by atomic mass is 9.87. The number of hydrogen-bond donors (Lipinski definition) is 1. The van der Waals surface area contributed by atoms with Gasteiger partial charge in [-0.2, -0.15) is 0 Å². The fraction of sp³-hybridized carbons (Fsp3) is 0.458. The van der Waals surface area contributed by atoms with Crippen LogP contribution in [0.1, 0.15) is 43.2 Å². The molecule has 2 fully saturated rings. The molecule has 0 bridgehead atoms. The largest absolute Gasteiger partial charge is 0.508 e. The first-order chi connectivity index (χ1) is 14.0. The van der Waals surface area contributed by atoms with Gasteiger partial charge in [-0.1, -0.05) is 24.3 Å². The van der Waals surface area contributed by atoms with Crippen molar-refractivity contribution in [1.29, 1.82) is 0 Å². The minimum absolute atomic E-state index is 0.117. The van der Waals surface area contributed by atoms with Gasteiger partial charge in [0.05, 0.1) is 6.42 Å². The molecule has 1 amide bonds. The molecule has 4 rings (SSSR count).